The Labute approximate surface area is 261 Å². The van der Waals surface area contributed by atoms with Gasteiger partial charge in [-0.05, 0) is 67.6 Å². The molecule has 0 fully saturated rings. The molecule has 0 unspecified atom stereocenters. The molecule has 1 N–H and O–H groups in total. The lowest BCUT2D eigenvalue weighted by Gasteiger charge is -2.34. The average molecular weight is 612 g/mol. The molecule has 0 bridgehead atoms. The number of nitrogens with zero attached hydrogens (tertiary/aromatic N) is 2. The number of anilines is 1. The maximum absolute atomic E-state index is 14.5. The molecule has 0 aliphatic rings. The summed E-state index contributed by atoms with van der Waals surface area (Å²) < 4.78 is 29.5. The van der Waals surface area contributed by atoms with E-state index in [1.54, 1.807) is 30.3 Å². The van der Waals surface area contributed by atoms with Gasteiger partial charge in [0.15, 0.2) is 0 Å². The van der Waals surface area contributed by atoms with Crippen molar-refractivity contribution in [3.8, 4) is 0 Å². The van der Waals surface area contributed by atoms with Crippen molar-refractivity contribution in [1.82, 2.24) is 10.2 Å². The average Bonchev–Trinajstić information content (AvgIpc) is 3.04. The Morgan fingerprint density at radius 2 is 1.34 bits per heavy atom. The van der Waals surface area contributed by atoms with Crippen molar-refractivity contribution < 1.29 is 18.0 Å². The monoisotopic (exact) mass is 611 g/mol. The van der Waals surface area contributed by atoms with Crippen molar-refractivity contribution in [3.63, 3.8) is 0 Å². The first-order valence-electron chi connectivity index (χ1n) is 14.9. The minimum Gasteiger partial charge on any atom is -0.352 e. The summed E-state index contributed by atoms with van der Waals surface area (Å²) in [5, 5.41) is 3.06. The van der Waals surface area contributed by atoms with Crippen LogP contribution in [-0.2, 0) is 32.6 Å². The van der Waals surface area contributed by atoms with Gasteiger partial charge in [-0.1, -0.05) is 97.9 Å². The normalized spacial score (nSPS) is 12.6. The van der Waals surface area contributed by atoms with Crippen molar-refractivity contribution in [2.75, 3.05) is 10.8 Å². The molecule has 7 nitrogen and oxygen atoms in total. The maximum atomic E-state index is 14.5. The SMILES string of the molecule is CC[C@H](C)NC(=O)[C@H](Cc1ccccc1)N(Cc1ccccc1)C(=O)CN(c1cccc(C)c1C)S(=O)(=O)c1ccccc1. The lowest BCUT2D eigenvalue weighted by molar-refractivity contribution is -0.140. The van der Waals surface area contributed by atoms with Crippen LogP contribution in [0.25, 0.3) is 0 Å². The van der Waals surface area contributed by atoms with Crippen molar-refractivity contribution >= 4 is 27.5 Å². The van der Waals surface area contributed by atoms with Crippen molar-refractivity contribution in [2.45, 2.75) is 64.1 Å². The molecule has 0 saturated heterocycles. The predicted molar refractivity (Wildman–Crippen MR) is 176 cm³/mol. The lowest BCUT2D eigenvalue weighted by atomic mass is 10.0. The van der Waals surface area contributed by atoms with E-state index in [2.05, 4.69) is 5.32 Å². The highest BCUT2D eigenvalue weighted by Gasteiger charge is 2.35. The van der Waals surface area contributed by atoms with Gasteiger partial charge in [-0.3, -0.25) is 13.9 Å². The van der Waals surface area contributed by atoms with E-state index in [-0.39, 0.29) is 29.8 Å². The first kappa shape index (κ1) is 32.5. The molecule has 0 spiro atoms. The van der Waals surface area contributed by atoms with Gasteiger partial charge in [-0.2, -0.15) is 0 Å². The van der Waals surface area contributed by atoms with Crippen molar-refractivity contribution in [2.24, 2.45) is 0 Å². The van der Waals surface area contributed by atoms with Crippen LogP contribution >= 0.6 is 0 Å². The summed E-state index contributed by atoms with van der Waals surface area (Å²) >= 11 is 0. The van der Waals surface area contributed by atoms with E-state index in [0.29, 0.717) is 5.69 Å². The molecule has 0 aliphatic heterocycles. The van der Waals surface area contributed by atoms with E-state index in [1.807, 2.05) is 94.4 Å². The maximum Gasteiger partial charge on any atom is 0.264 e. The van der Waals surface area contributed by atoms with E-state index >= 15 is 0 Å². The third-order valence-corrected chi connectivity index (χ3v) is 9.70. The van der Waals surface area contributed by atoms with Crippen LogP contribution in [0.2, 0.25) is 0 Å². The third-order valence-electron chi connectivity index (χ3n) is 7.92. The molecule has 0 aromatic heterocycles. The molecular weight excluding hydrogens is 570 g/mol. The van der Waals surface area contributed by atoms with Gasteiger partial charge in [-0.15, -0.1) is 0 Å². The molecule has 0 heterocycles. The number of carbonyl (C=O) groups is 2. The number of rotatable bonds is 13. The number of sulfonamides is 1. The van der Waals surface area contributed by atoms with Gasteiger partial charge in [-0.25, -0.2) is 8.42 Å². The highest BCUT2D eigenvalue weighted by atomic mass is 32.2. The Kier molecular flexibility index (Phi) is 11.0. The third kappa shape index (κ3) is 7.94. The Hall–Kier alpha value is -4.43. The van der Waals surface area contributed by atoms with Gasteiger partial charge in [0.05, 0.1) is 10.6 Å². The van der Waals surface area contributed by atoms with Crippen LogP contribution in [0.4, 0.5) is 5.69 Å². The minimum absolute atomic E-state index is 0.0821. The number of hydrogen-bond donors (Lipinski definition) is 1. The Bertz CT molecular complexity index is 1650. The minimum atomic E-state index is -4.14. The number of hydrogen-bond acceptors (Lipinski definition) is 4. The number of aryl methyl sites for hydroxylation is 1. The van der Waals surface area contributed by atoms with Crippen LogP contribution in [0.1, 0.15) is 42.5 Å². The second-order valence-electron chi connectivity index (χ2n) is 11.1. The van der Waals surface area contributed by atoms with Crippen LogP contribution in [0.15, 0.2) is 114 Å². The zero-order valence-corrected chi connectivity index (χ0v) is 26.6. The molecule has 0 aliphatic carbocycles. The van der Waals surface area contributed by atoms with Crippen LogP contribution in [-0.4, -0.2) is 43.8 Å². The molecule has 0 radical (unpaired) electrons. The standard InChI is InChI=1S/C36H41N3O4S/c1-5-28(3)37-36(41)34(24-30-17-9-6-10-18-30)38(25-31-19-11-7-12-20-31)35(40)26-39(33-23-15-16-27(2)29(33)4)44(42,43)32-21-13-8-14-22-32/h6-23,28,34H,5,24-26H2,1-4H3,(H,37,41)/t28-,34-/m0/s1. The molecular formula is C36H41N3O4S. The molecule has 2 amide bonds. The number of benzene rings is 4. The van der Waals surface area contributed by atoms with E-state index in [9.17, 15) is 18.0 Å². The quantitative estimate of drug-likeness (QED) is 0.199. The predicted octanol–water partition coefficient (Wildman–Crippen LogP) is 6.05. The summed E-state index contributed by atoms with van der Waals surface area (Å²) in [6.07, 6.45) is 1.00. The second-order valence-corrected chi connectivity index (χ2v) is 12.9. The fourth-order valence-electron chi connectivity index (χ4n) is 5.01. The molecule has 230 valence electrons. The molecule has 8 heteroatoms. The summed E-state index contributed by atoms with van der Waals surface area (Å²) in [7, 11) is -4.14. The van der Waals surface area contributed by atoms with Gasteiger partial charge in [0, 0.05) is 19.0 Å². The van der Waals surface area contributed by atoms with Gasteiger partial charge < -0.3 is 10.2 Å². The number of amides is 2. The van der Waals surface area contributed by atoms with E-state index in [1.165, 1.54) is 21.3 Å². The van der Waals surface area contributed by atoms with Crippen LogP contribution in [0.5, 0.6) is 0 Å². The van der Waals surface area contributed by atoms with Gasteiger partial charge in [0.25, 0.3) is 10.0 Å². The first-order chi connectivity index (χ1) is 21.1. The summed E-state index contributed by atoms with van der Waals surface area (Å²) in [5.74, 6) is -0.758. The van der Waals surface area contributed by atoms with Crippen molar-refractivity contribution in [3.05, 3.63) is 131 Å². The van der Waals surface area contributed by atoms with Crippen molar-refractivity contribution in [1.29, 1.82) is 0 Å². The van der Waals surface area contributed by atoms with E-state index < -0.39 is 28.5 Å². The summed E-state index contributed by atoms with van der Waals surface area (Å²) in [4.78, 5) is 30.0. The zero-order valence-electron chi connectivity index (χ0n) is 25.8. The Balaban J connectivity index is 1.82. The van der Waals surface area contributed by atoms with E-state index in [4.69, 9.17) is 0 Å². The summed E-state index contributed by atoms with van der Waals surface area (Å²) in [5.41, 5.74) is 3.81. The second kappa shape index (κ2) is 14.8. The van der Waals surface area contributed by atoms with Gasteiger partial charge in [0.1, 0.15) is 12.6 Å². The summed E-state index contributed by atoms with van der Waals surface area (Å²) in [6, 6.07) is 31.6. The van der Waals surface area contributed by atoms with Gasteiger partial charge in [0.2, 0.25) is 11.8 Å². The highest BCUT2D eigenvalue weighted by Crippen LogP contribution is 2.29. The zero-order chi connectivity index (χ0) is 31.7. The Morgan fingerprint density at radius 3 is 1.93 bits per heavy atom. The molecule has 4 rings (SSSR count). The molecule has 2 atom stereocenters. The molecule has 4 aromatic carbocycles. The molecule has 4 aromatic rings. The van der Waals surface area contributed by atoms with Crippen LogP contribution < -0.4 is 9.62 Å². The van der Waals surface area contributed by atoms with E-state index in [0.717, 1.165) is 28.7 Å². The molecule has 0 saturated carbocycles. The fourth-order valence-corrected chi connectivity index (χ4v) is 6.51. The topological polar surface area (TPSA) is 86.8 Å². The lowest BCUT2D eigenvalue weighted by Crippen LogP contribution is -2.54. The van der Waals surface area contributed by atoms with Gasteiger partial charge >= 0.3 is 0 Å². The van der Waals surface area contributed by atoms with Crippen LogP contribution in [0.3, 0.4) is 0 Å². The molecule has 44 heavy (non-hydrogen) atoms. The first-order valence-corrected chi connectivity index (χ1v) is 16.4. The number of nitrogens with one attached hydrogen (secondary N) is 1. The highest BCUT2D eigenvalue weighted by molar-refractivity contribution is 7.92. The Morgan fingerprint density at radius 1 is 0.773 bits per heavy atom. The smallest absolute Gasteiger partial charge is 0.264 e. The number of carbonyl (C=O) groups excluding carboxylic acids is 2. The largest absolute Gasteiger partial charge is 0.352 e. The van der Waals surface area contributed by atoms with Crippen LogP contribution in [0, 0.1) is 13.8 Å². The fraction of sp³-hybridized carbons (Fsp3) is 0.278. The summed E-state index contributed by atoms with van der Waals surface area (Å²) in [6.45, 7) is 7.33.